The molecule has 32 heavy (non-hydrogen) atoms. The average Bonchev–Trinajstić information content (AvgIpc) is 3.04. The minimum absolute atomic E-state index is 0.105. The number of hydrogen-bond donors (Lipinski definition) is 2. The Labute approximate surface area is 183 Å². The lowest BCUT2D eigenvalue weighted by molar-refractivity contribution is -0.134. The number of likely N-dealkylation sites (tertiary alicyclic amines) is 1. The number of hydrogen-bond acceptors (Lipinski definition) is 7. The molecule has 0 bridgehead atoms. The summed E-state index contributed by atoms with van der Waals surface area (Å²) in [6.07, 6.45) is 6.10. The normalized spacial score (nSPS) is 21.5. The number of carbonyl (C=O) groups excluding carboxylic acids is 2. The van der Waals surface area contributed by atoms with Crippen LogP contribution in [0.25, 0.3) is 17.0 Å². The molecule has 0 radical (unpaired) electrons. The maximum atomic E-state index is 12.8. The number of anilines is 1. The van der Waals surface area contributed by atoms with Gasteiger partial charge in [0.15, 0.2) is 5.65 Å². The van der Waals surface area contributed by atoms with Gasteiger partial charge in [0.1, 0.15) is 11.1 Å². The molecule has 1 saturated carbocycles. The smallest absolute Gasteiger partial charge is 0.252 e. The van der Waals surface area contributed by atoms with E-state index < -0.39 is 11.3 Å². The Morgan fingerprint density at radius 3 is 2.72 bits per heavy atom. The van der Waals surface area contributed by atoms with Crippen LogP contribution >= 0.6 is 0 Å². The van der Waals surface area contributed by atoms with Gasteiger partial charge in [0.25, 0.3) is 5.91 Å². The van der Waals surface area contributed by atoms with Gasteiger partial charge in [0.2, 0.25) is 5.91 Å². The molecule has 2 amide bonds. The zero-order valence-corrected chi connectivity index (χ0v) is 17.8. The number of amides is 2. The number of nitrogens with zero attached hydrogens (tertiary/aromatic N) is 7. The summed E-state index contributed by atoms with van der Waals surface area (Å²) in [4.78, 5) is 31.4. The van der Waals surface area contributed by atoms with Crippen LogP contribution in [0, 0.1) is 22.7 Å². The standard InChI is InChI=1S/C21H23N9O2/c1-12-8-29(20(32)21(11-22)4-5-21)9-14(12)26-17-13(18(23)31)7-25-30-10-15(27-19(17)30)16-3-6-24-28(16)2/h3,6-7,10,12,14,26H,4-5,8-9H2,1-2H3,(H2,23,31)/t12-,14-/m1/s1. The maximum Gasteiger partial charge on any atom is 0.252 e. The van der Waals surface area contributed by atoms with Crippen molar-refractivity contribution in [3.05, 3.63) is 30.2 Å². The molecule has 0 spiro atoms. The van der Waals surface area contributed by atoms with Crippen LogP contribution in [0.3, 0.4) is 0 Å². The summed E-state index contributed by atoms with van der Waals surface area (Å²) >= 11 is 0. The molecule has 1 aliphatic heterocycles. The van der Waals surface area contributed by atoms with Crippen LogP contribution in [0.15, 0.2) is 24.7 Å². The van der Waals surface area contributed by atoms with Gasteiger partial charge in [0.05, 0.1) is 35.4 Å². The van der Waals surface area contributed by atoms with Gasteiger partial charge in [0, 0.05) is 32.4 Å². The van der Waals surface area contributed by atoms with Gasteiger partial charge in [-0.2, -0.15) is 15.5 Å². The van der Waals surface area contributed by atoms with Gasteiger partial charge < -0.3 is 16.0 Å². The molecule has 5 rings (SSSR count). The van der Waals surface area contributed by atoms with Crippen molar-refractivity contribution < 1.29 is 9.59 Å². The third-order valence-electron chi connectivity index (χ3n) is 6.44. The number of imidazole rings is 1. The van der Waals surface area contributed by atoms with E-state index in [1.165, 1.54) is 6.20 Å². The van der Waals surface area contributed by atoms with Gasteiger partial charge >= 0.3 is 0 Å². The lowest BCUT2D eigenvalue weighted by atomic mass is 10.1. The summed E-state index contributed by atoms with van der Waals surface area (Å²) in [5.74, 6) is -0.619. The van der Waals surface area contributed by atoms with Crippen LogP contribution in [-0.4, -0.2) is 60.2 Å². The molecule has 4 heterocycles. The first-order chi connectivity index (χ1) is 15.3. The van der Waals surface area contributed by atoms with E-state index in [0.717, 1.165) is 5.69 Å². The Kier molecular flexibility index (Phi) is 4.40. The quantitative estimate of drug-likeness (QED) is 0.604. The highest BCUT2D eigenvalue weighted by molar-refractivity contribution is 6.01. The van der Waals surface area contributed by atoms with Crippen molar-refractivity contribution in [2.24, 2.45) is 24.1 Å². The Morgan fingerprint density at radius 1 is 1.31 bits per heavy atom. The van der Waals surface area contributed by atoms with E-state index in [2.05, 4.69) is 26.6 Å². The first-order valence-electron chi connectivity index (χ1n) is 10.5. The van der Waals surface area contributed by atoms with Gasteiger partial charge in [-0.3, -0.25) is 14.3 Å². The minimum atomic E-state index is -0.849. The highest BCUT2D eigenvalue weighted by atomic mass is 16.2. The lowest BCUT2D eigenvalue weighted by Gasteiger charge is -2.21. The molecule has 2 aliphatic rings. The minimum Gasteiger partial charge on any atom is -0.376 e. The van der Waals surface area contributed by atoms with Crippen LogP contribution in [0.1, 0.15) is 30.1 Å². The predicted octanol–water partition coefficient (Wildman–Crippen LogP) is 0.791. The summed E-state index contributed by atoms with van der Waals surface area (Å²) in [7, 11) is 1.82. The van der Waals surface area contributed by atoms with Gasteiger partial charge in [-0.15, -0.1) is 0 Å². The zero-order valence-electron chi connectivity index (χ0n) is 17.8. The van der Waals surface area contributed by atoms with E-state index in [0.29, 0.717) is 43.0 Å². The topological polar surface area (TPSA) is 147 Å². The molecule has 3 aromatic heterocycles. The molecular weight excluding hydrogens is 410 g/mol. The van der Waals surface area contributed by atoms with Crippen molar-refractivity contribution in [2.45, 2.75) is 25.8 Å². The molecule has 11 heteroatoms. The maximum absolute atomic E-state index is 12.8. The Hall–Kier alpha value is -3.94. The molecular formula is C21H23N9O2. The Balaban J connectivity index is 1.49. The number of nitrogens with two attached hydrogens (primary N) is 1. The van der Waals surface area contributed by atoms with Crippen LogP contribution in [0.5, 0.6) is 0 Å². The van der Waals surface area contributed by atoms with Crippen molar-refractivity contribution in [3.8, 4) is 17.5 Å². The molecule has 1 saturated heterocycles. The average molecular weight is 433 g/mol. The number of aryl methyl sites for hydroxylation is 1. The second-order valence-corrected chi connectivity index (χ2v) is 8.66. The van der Waals surface area contributed by atoms with Gasteiger partial charge in [-0.1, -0.05) is 6.92 Å². The third kappa shape index (κ3) is 3.07. The molecule has 2 fully saturated rings. The van der Waals surface area contributed by atoms with Crippen molar-refractivity contribution in [1.82, 2.24) is 29.3 Å². The summed E-state index contributed by atoms with van der Waals surface area (Å²) in [6, 6.07) is 3.89. The Bertz CT molecular complexity index is 1280. The fourth-order valence-electron chi connectivity index (χ4n) is 4.32. The summed E-state index contributed by atoms with van der Waals surface area (Å²) in [6.45, 7) is 3.01. The van der Waals surface area contributed by atoms with E-state index in [-0.39, 0.29) is 23.4 Å². The third-order valence-corrected chi connectivity index (χ3v) is 6.44. The van der Waals surface area contributed by atoms with E-state index >= 15 is 0 Å². The van der Waals surface area contributed by atoms with E-state index in [1.54, 1.807) is 26.5 Å². The fraction of sp³-hybridized carbons (Fsp3) is 0.429. The van der Waals surface area contributed by atoms with E-state index in [1.807, 2.05) is 20.0 Å². The van der Waals surface area contributed by atoms with E-state index in [4.69, 9.17) is 5.73 Å². The van der Waals surface area contributed by atoms with Crippen molar-refractivity contribution in [1.29, 1.82) is 5.26 Å². The number of primary amides is 1. The predicted molar refractivity (Wildman–Crippen MR) is 114 cm³/mol. The number of nitrogens with one attached hydrogen (secondary N) is 1. The van der Waals surface area contributed by atoms with Crippen LogP contribution in [-0.2, 0) is 11.8 Å². The van der Waals surface area contributed by atoms with Crippen molar-refractivity contribution in [2.75, 3.05) is 18.4 Å². The molecule has 2 atom stereocenters. The van der Waals surface area contributed by atoms with Crippen LogP contribution in [0.4, 0.5) is 5.69 Å². The molecule has 1 aliphatic carbocycles. The highest BCUT2D eigenvalue weighted by Crippen LogP contribution is 2.47. The summed E-state index contributed by atoms with van der Waals surface area (Å²) < 4.78 is 3.30. The second kappa shape index (κ2) is 7.05. The molecule has 3 aromatic rings. The number of rotatable bonds is 5. The number of carbonyl (C=O) groups is 2. The monoisotopic (exact) mass is 433 g/mol. The number of aromatic nitrogens is 5. The molecule has 0 aromatic carbocycles. The number of fused-ring (bicyclic) bond motifs is 1. The molecule has 164 valence electrons. The highest BCUT2D eigenvalue weighted by Gasteiger charge is 2.54. The lowest BCUT2D eigenvalue weighted by Crippen LogP contribution is -2.36. The summed E-state index contributed by atoms with van der Waals surface area (Å²) in [5, 5.41) is 21.3. The van der Waals surface area contributed by atoms with E-state index in [9.17, 15) is 14.9 Å². The van der Waals surface area contributed by atoms with Crippen LogP contribution < -0.4 is 11.1 Å². The fourth-order valence-corrected chi connectivity index (χ4v) is 4.32. The van der Waals surface area contributed by atoms with Gasteiger partial charge in [-0.25, -0.2) is 9.50 Å². The molecule has 11 nitrogen and oxygen atoms in total. The summed E-state index contributed by atoms with van der Waals surface area (Å²) in [5.41, 5.74) is 7.41. The molecule has 0 unspecified atom stereocenters. The second-order valence-electron chi connectivity index (χ2n) is 8.66. The zero-order chi connectivity index (χ0) is 22.6. The Morgan fingerprint density at radius 2 is 2.09 bits per heavy atom. The first kappa shape index (κ1) is 20.0. The number of nitriles is 1. The van der Waals surface area contributed by atoms with Gasteiger partial charge in [-0.05, 0) is 24.8 Å². The largest absolute Gasteiger partial charge is 0.376 e. The SMILES string of the molecule is C[C@@H]1CN(C(=O)C2(C#N)CC2)C[C@H]1Nc1c(C(N)=O)cnn2cc(-c3ccnn3C)nc12. The van der Waals surface area contributed by atoms with Crippen molar-refractivity contribution >= 4 is 23.1 Å². The molecule has 3 N–H and O–H groups in total. The van der Waals surface area contributed by atoms with Crippen LogP contribution in [0.2, 0.25) is 0 Å². The first-order valence-corrected chi connectivity index (χ1v) is 10.5. The van der Waals surface area contributed by atoms with Crippen molar-refractivity contribution in [3.63, 3.8) is 0 Å².